The van der Waals surface area contributed by atoms with Gasteiger partial charge >= 0.3 is 0 Å². The Balaban J connectivity index is 1.60. The molecule has 4 rings (SSSR count). The van der Waals surface area contributed by atoms with E-state index in [2.05, 4.69) is 43.0 Å². The predicted molar refractivity (Wildman–Crippen MR) is 89.4 cm³/mol. The summed E-state index contributed by atoms with van der Waals surface area (Å²) < 4.78 is 2.28. The molecule has 4 heterocycles. The van der Waals surface area contributed by atoms with Crippen LogP contribution in [0.1, 0.15) is 17.9 Å². The molecule has 3 aromatic rings. The molecule has 0 aliphatic carbocycles. The van der Waals surface area contributed by atoms with Crippen LogP contribution < -0.4 is 10.2 Å². The highest BCUT2D eigenvalue weighted by atomic mass is 15.2. The molecular weight excluding hydrogens is 290 g/mol. The highest BCUT2D eigenvalue weighted by Crippen LogP contribution is 2.27. The van der Waals surface area contributed by atoms with Crippen molar-refractivity contribution >= 4 is 16.9 Å². The number of aromatic nitrogens is 5. The number of aromatic amines is 1. The quantitative estimate of drug-likeness (QED) is 0.760. The Kier molecular flexibility index (Phi) is 3.49. The summed E-state index contributed by atoms with van der Waals surface area (Å²) in [6, 6.07) is 2.44. The largest absolute Gasteiger partial charge is 0.356 e. The molecule has 1 unspecified atom stereocenters. The van der Waals surface area contributed by atoms with Crippen LogP contribution >= 0.6 is 0 Å². The number of likely N-dealkylation sites (N-methyl/N-ethyl adjacent to an activating group) is 1. The summed E-state index contributed by atoms with van der Waals surface area (Å²) in [6.45, 7) is 1.82. The number of aryl methyl sites for hydroxylation is 1. The van der Waals surface area contributed by atoms with Crippen molar-refractivity contribution in [2.45, 2.75) is 32.0 Å². The first-order valence-corrected chi connectivity index (χ1v) is 7.96. The number of nitrogens with zero attached hydrogens (tertiary/aromatic N) is 5. The summed E-state index contributed by atoms with van der Waals surface area (Å²) in [7, 11) is 4.07. The highest BCUT2D eigenvalue weighted by Gasteiger charge is 2.25. The first-order chi connectivity index (χ1) is 11.3. The minimum absolute atomic E-state index is 0.403. The zero-order valence-electron chi connectivity index (χ0n) is 13.5. The Morgan fingerprint density at radius 3 is 3.22 bits per heavy atom. The lowest BCUT2D eigenvalue weighted by Gasteiger charge is -2.32. The molecule has 0 amide bonds. The number of H-pyrrole nitrogens is 1. The van der Waals surface area contributed by atoms with E-state index in [-0.39, 0.29) is 0 Å². The molecule has 0 aromatic carbocycles. The summed E-state index contributed by atoms with van der Waals surface area (Å²) in [4.78, 5) is 19.0. The monoisotopic (exact) mass is 311 g/mol. The predicted octanol–water partition coefficient (Wildman–Crippen LogP) is 1.32. The molecule has 1 atom stereocenters. The van der Waals surface area contributed by atoms with Crippen LogP contribution in [0.25, 0.3) is 11.0 Å². The fourth-order valence-electron chi connectivity index (χ4n) is 3.38. The van der Waals surface area contributed by atoms with Gasteiger partial charge in [0.25, 0.3) is 0 Å². The molecule has 0 saturated heterocycles. The number of rotatable bonds is 4. The van der Waals surface area contributed by atoms with Crippen molar-refractivity contribution in [1.82, 2.24) is 29.8 Å². The first kappa shape index (κ1) is 14.2. The highest BCUT2D eigenvalue weighted by molar-refractivity contribution is 5.87. The second-order valence-electron chi connectivity index (χ2n) is 6.07. The van der Waals surface area contributed by atoms with Gasteiger partial charge in [0.1, 0.15) is 23.6 Å². The third-order valence-electron chi connectivity index (χ3n) is 4.60. The molecule has 0 saturated carbocycles. The standard InChI is InChI=1S/C16H21N7/c1-17-8-11-9-23-6-4-12(7-14(23)21-11)22(2)16-13-3-5-18-15(13)19-10-20-16/h3,5,9-10,12,17H,4,6-8H2,1-2H3,(H,18,19,20). The number of nitrogens with one attached hydrogen (secondary N) is 2. The minimum Gasteiger partial charge on any atom is -0.356 e. The van der Waals surface area contributed by atoms with E-state index in [9.17, 15) is 0 Å². The number of imidazole rings is 1. The second-order valence-corrected chi connectivity index (χ2v) is 6.07. The fraction of sp³-hybridized carbons (Fsp3) is 0.438. The van der Waals surface area contributed by atoms with Gasteiger partial charge in [-0.2, -0.15) is 0 Å². The maximum Gasteiger partial charge on any atom is 0.142 e. The number of fused-ring (bicyclic) bond motifs is 2. The number of hydrogen-bond donors (Lipinski definition) is 2. The third kappa shape index (κ3) is 2.46. The Labute approximate surface area is 134 Å². The van der Waals surface area contributed by atoms with E-state index in [4.69, 9.17) is 4.98 Å². The van der Waals surface area contributed by atoms with E-state index in [1.165, 1.54) is 0 Å². The van der Waals surface area contributed by atoms with Gasteiger partial charge in [-0.15, -0.1) is 0 Å². The smallest absolute Gasteiger partial charge is 0.142 e. The summed E-state index contributed by atoms with van der Waals surface area (Å²) >= 11 is 0. The lowest BCUT2D eigenvalue weighted by Crippen LogP contribution is -2.38. The zero-order valence-corrected chi connectivity index (χ0v) is 13.5. The van der Waals surface area contributed by atoms with Gasteiger partial charge in [-0.25, -0.2) is 15.0 Å². The molecule has 0 bridgehead atoms. The number of hydrogen-bond acceptors (Lipinski definition) is 5. The summed E-state index contributed by atoms with van der Waals surface area (Å²) in [5.74, 6) is 2.15. The molecule has 0 radical (unpaired) electrons. The third-order valence-corrected chi connectivity index (χ3v) is 4.60. The van der Waals surface area contributed by atoms with Crippen molar-refractivity contribution in [3.05, 3.63) is 36.3 Å². The Morgan fingerprint density at radius 2 is 2.35 bits per heavy atom. The van der Waals surface area contributed by atoms with Crippen LogP contribution in [0.4, 0.5) is 5.82 Å². The van der Waals surface area contributed by atoms with E-state index in [0.29, 0.717) is 6.04 Å². The van der Waals surface area contributed by atoms with Crippen LogP contribution in [0.5, 0.6) is 0 Å². The maximum atomic E-state index is 4.75. The molecule has 7 nitrogen and oxygen atoms in total. The molecule has 0 spiro atoms. The van der Waals surface area contributed by atoms with Crippen molar-refractivity contribution in [3.8, 4) is 0 Å². The molecule has 2 N–H and O–H groups in total. The first-order valence-electron chi connectivity index (χ1n) is 7.96. The van der Waals surface area contributed by atoms with E-state index in [1.807, 2.05) is 19.3 Å². The van der Waals surface area contributed by atoms with Gasteiger partial charge in [0.2, 0.25) is 0 Å². The molecule has 120 valence electrons. The van der Waals surface area contributed by atoms with Gasteiger partial charge < -0.3 is 19.8 Å². The van der Waals surface area contributed by atoms with E-state index < -0.39 is 0 Å². The molecule has 0 fully saturated rings. The molecular formula is C16H21N7. The Morgan fingerprint density at radius 1 is 1.43 bits per heavy atom. The Bertz CT molecular complexity index is 819. The second kappa shape index (κ2) is 5.66. The van der Waals surface area contributed by atoms with Crippen molar-refractivity contribution in [2.24, 2.45) is 0 Å². The summed E-state index contributed by atoms with van der Waals surface area (Å²) in [6.07, 6.45) is 7.73. The molecule has 1 aliphatic heterocycles. The van der Waals surface area contributed by atoms with Gasteiger partial charge in [-0.05, 0) is 19.5 Å². The molecule has 3 aromatic heterocycles. The fourth-order valence-corrected chi connectivity index (χ4v) is 3.38. The Hall–Kier alpha value is -2.41. The van der Waals surface area contributed by atoms with Crippen LogP contribution in [0.2, 0.25) is 0 Å². The van der Waals surface area contributed by atoms with Crippen LogP contribution in [0, 0.1) is 0 Å². The van der Waals surface area contributed by atoms with Gasteiger partial charge in [0.15, 0.2) is 0 Å². The average molecular weight is 311 g/mol. The summed E-state index contributed by atoms with van der Waals surface area (Å²) in [5.41, 5.74) is 2.00. The van der Waals surface area contributed by atoms with Crippen LogP contribution in [0.3, 0.4) is 0 Å². The SMILES string of the molecule is CNCc1cn2c(n1)CC(N(C)c1ncnc3[nH]ccc13)CC2. The topological polar surface area (TPSA) is 74.7 Å². The lowest BCUT2D eigenvalue weighted by atomic mass is 10.0. The van der Waals surface area contributed by atoms with Crippen molar-refractivity contribution < 1.29 is 0 Å². The van der Waals surface area contributed by atoms with Crippen molar-refractivity contribution in [2.75, 3.05) is 19.0 Å². The van der Waals surface area contributed by atoms with Crippen LogP contribution in [-0.4, -0.2) is 44.6 Å². The van der Waals surface area contributed by atoms with Gasteiger partial charge in [0.05, 0.1) is 11.1 Å². The van der Waals surface area contributed by atoms with Crippen molar-refractivity contribution in [1.29, 1.82) is 0 Å². The average Bonchev–Trinajstić information content (AvgIpc) is 3.19. The lowest BCUT2D eigenvalue weighted by molar-refractivity contribution is 0.448. The normalized spacial score (nSPS) is 17.4. The minimum atomic E-state index is 0.403. The summed E-state index contributed by atoms with van der Waals surface area (Å²) in [5, 5.41) is 4.23. The molecule has 1 aliphatic rings. The van der Waals surface area contributed by atoms with Gasteiger partial charge in [-0.3, -0.25) is 0 Å². The van der Waals surface area contributed by atoms with E-state index in [1.54, 1.807) is 6.33 Å². The van der Waals surface area contributed by atoms with E-state index >= 15 is 0 Å². The zero-order chi connectivity index (χ0) is 15.8. The maximum absolute atomic E-state index is 4.75. The van der Waals surface area contributed by atoms with Gasteiger partial charge in [-0.1, -0.05) is 0 Å². The van der Waals surface area contributed by atoms with Crippen LogP contribution in [0.15, 0.2) is 24.8 Å². The molecule has 7 heteroatoms. The van der Waals surface area contributed by atoms with Gasteiger partial charge in [0, 0.05) is 45.0 Å². The number of anilines is 1. The van der Waals surface area contributed by atoms with E-state index in [0.717, 1.165) is 54.3 Å². The molecule has 23 heavy (non-hydrogen) atoms. The van der Waals surface area contributed by atoms with Crippen molar-refractivity contribution in [3.63, 3.8) is 0 Å². The van der Waals surface area contributed by atoms with Crippen LogP contribution in [-0.2, 0) is 19.5 Å².